The van der Waals surface area contributed by atoms with Gasteiger partial charge >= 0.3 is 5.97 Å². The Kier molecular flexibility index (Phi) is 43.0. The summed E-state index contributed by atoms with van der Waals surface area (Å²) in [7, 11) is 0. The monoisotopic (exact) mass is 1860 g/mol. The number of carboxylic acids is 1. The molecule has 43 heteroatoms. The summed E-state index contributed by atoms with van der Waals surface area (Å²) >= 11 is 9.27. The van der Waals surface area contributed by atoms with Crippen LogP contribution in [-0.2, 0) is 107 Å². The highest BCUT2D eigenvalue weighted by molar-refractivity contribution is 7.82. The second-order valence-electron chi connectivity index (χ2n) is 33.3. The third kappa shape index (κ3) is 36.2. The largest absolute Gasteiger partial charge is 0.508 e. The highest BCUT2D eigenvalue weighted by Gasteiger charge is 2.43. The Labute approximate surface area is 769 Å². The highest BCUT2D eigenvalue weighted by atomic mass is 32.1. The number of carbonyl (C=O) groups excluding carboxylic acids is 15. The number of thiol groups is 2. The van der Waals surface area contributed by atoms with Gasteiger partial charge in [0.05, 0.1) is 19.6 Å². The van der Waals surface area contributed by atoms with Crippen LogP contribution in [0, 0.1) is 11.3 Å². The molecule has 714 valence electrons. The number of nitrogens with two attached hydrogens (primary N) is 4. The summed E-state index contributed by atoms with van der Waals surface area (Å²) in [6, 6.07) is 10.00. The first kappa shape index (κ1) is 107. The van der Waals surface area contributed by atoms with Gasteiger partial charge in [0.1, 0.15) is 84.9 Å². The van der Waals surface area contributed by atoms with Gasteiger partial charge in [0.2, 0.25) is 88.6 Å². The molecular formula is C88H126N22O19S2. The van der Waals surface area contributed by atoms with Crippen LogP contribution in [-0.4, -0.2) is 249 Å². The van der Waals surface area contributed by atoms with Gasteiger partial charge in [0, 0.05) is 89.4 Å². The molecule has 6 rings (SSSR count). The van der Waals surface area contributed by atoms with Crippen LogP contribution in [0.15, 0.2) is 116 Å². The molecule has 0 unspecified atom stereocenters. The lowest BCUT2D eigenvalue weighted by Crippen LogP contribution is -2.64. The molecule has 0 bridgehead atoms. The molecule has 41 nitrogen and oxygen atoms in total. The van der Waals surface area contributed by atoms with Gasteiger partial charge in [0.15, 0.2) is 5.96 Å². The van der Waals surface area contributed by atoms with E-state index >= 15 is 28.8 Å². The van der Waals surface area contributed by atoms with Crippen LogP contribution >= 0.6 is 25.3 Å². The van der Waals surface area contributed by atoms with Crippen molar-refractivity contribution in [3.05, 3.63) is 138 Å². The molecule has 6 aromatic rings. The highest BCUT2D eigenvalue weighted by Crippen LogP contribution is 2.25. The van der Waals surface area contributed by atoms with Crippen molar-refractivity contribution >= 4 is 148 Å². The summed E-state index contributed by atoms with van der Waals surface area (Å²) in [5.74, 6) is -16.2. The zero-order chi connectivity index (χ0) is 96.8. The molecule has 0 saturated heterocycles. The number of hydrogen-bond acceptors (Lipinski definition) is 23. The lowest BCUT2D eigenvalue weighted by molar-refractivity contribution is -0.141. The first-order valence-corrected chi connectivity index (χ1v) is 43.9. The molecule has 0 spiro atoms. The zero-order valence-corrected chi connectivity index (χ0v) is 76.4. The Morgan fingerprint density at radius 3 is 1.35 bits per heavy atom. The molecule has 15 amide bonds. The number of para-hydroxylation sites is 2. The van der Waals surface area contributed by atoms with Crippen molar-refractivity contribution in [2.45, 2.75) is 221 Å². The van der Waals surface area contributed by atoms with E-state index in [0.717, 1.165) is 0 Å². The Hall–Kier alpha value is -12.9. The minimum absolute atomic E-state index is 0.000293. The predicted molar refractivity (Wildman–Crippen MR) is 495 cm³/mol. The molecule has 4 aromatic carbocycles. The van der Waals surface area contributed by atoms with E-state index in [0.29, 0.717) is 69.9 Å². The average Bonchev–Trinajstić information content (AvgIpc) is 1.72. The molecule has 0 aliphatic rings. The Morgan fingerprint density at radius 2 is 0.870 bits per heavy atom. The maximum atomic E-state index is 15.5. The summed E-state index contributed by atoms with van der Waals surface area (Å²) in [6.07, 6.45) is 2.94. The number of ether oxygens (including phenoxy) is 1. The Morgan fingerprint density at radius 1 is 0.443 bits per heavy atom. The van der Waals surface area contributed by atoms with Crippen LogP contribution in [0.3, 0.4) is 0 Å². The van der Waals surface area contributed by atoms with Gasteiger partial charge in [-0.05, 0) is 152 Å². The summed E-state index contributed by atoms with van der Waals surface area (Å²) in [5.41, 5.74) is 25.7. The standard InChI is InChI=1S/C88H126N22O19S2/c1-48(2)71(108-82(125)66(42-54-45-97-59-26-15-13-24-57(54)59)105-81(124)67(43-70(115)116)107-84(127)72(87(5,6)130)109-75(118)49(3)99-50(4)111)83(126)110-73(88(7,8)131)85(128)106-64(40-52-30-32-55(112)33-31-52)79(122)104-65(41-53-44-96-58-25-14-12-23-56(53)58)80(123)102-62(29-20-36-95-86(92)93)77(120)101-61(28-17-19-35-90)78(121)103-63(39-51-21-10-9-11-22-51)76(119)98-46-68(113)94-37-38-129-47-69(114)100-60(74(91)117)27-16-18-34-89/h9-15,21-26,30-33,44-45,48-49,60-67,71-73,96-97,112,130-131H,16-20,27-29,34-43,46-47,89-90H2,1-8H3,(H2,91,117)(H,94,113)(H,98,119)(H,99,111)(H,100,114)(H,101,120)(H,102,123)(H,103,121)(H,104,122)(H,105,124)(H,106,128)(H,107,127)(H,108,125)(H,109,118)(H,110,126)(H,115,116)(H4,92,93,95)/t49-,60+,61-,62-,63-,64-,65-,66-,67-,71-,72+,73+/m0/s1. The molecule has 2 aromatic heterocycles. The summed E-state index contributed by atoms with van der Waals surface area (Å²) in [5, 5.41) is 68.9. The fourth-order valence-corrected chi connectivity index (χ4v) is 14.4. The van der Waals surface area contributed by atoms with Crippen LogP contribution in [0.2, 0.25) is 0 Å². The third-order valence-electron chi connectivity index (χ3n) is 21.0. The molecule has 2 heterocycles. The minimum Gasteiger partial charge on any atom is -0.508 e. The van der Waals surface area contributed by atoms with Gasteiger partial charge in [-0.25, -0.2) is 0 Å². The number of aromatic hydroxyl groups is 1. The van der Waals surface area contributed by atoms with E-state index in [4.69, 9.17) is 45.7 Å². The third-order valence-corrected chi connectivity index (χ3v) is 21.5. The number of amides is 15. The molecule has 131 heavy (non-hydrogen) atoms. The van der Waals surface area contributed by atoms with Gasteiger partial charge in [-0.3, -0.25) is 82.1 Å². The van der Waals surface area contributed by atoms with Gasteiger partial charge in [-0.2, -0.15) is 25.3 Å². The first-order valence-electron chi connectivity index (χ1n) is 43.0. The van der Waals surface area contributed by atoms with E-state index in [9.17, 15) is 58.2 Å². The van der Waals surface area contributed by atoms with Crippen molar-refractivity contribution in [1.29, 1.82) is 5.41 Å². The second-order valence-corrected chi connectivity index (χ2v) is 35.6. The van der Waals surface area contributed by atoms with Gasteiger partial charge in [-0.1, -0.05) is 92.7 Å². The zero-order valence-electron chi connectivity index (χ0n) is 74.7. The van der Waals surface area contributed by atoms with E-state index in [2.05, 4.69) is 102 Å². The Balaban J connectivity index is 1.28. The molecule has 0 fully saturated rings. The number of aliphatic carboxylic acids is 1. The smallest absolute Gasteiger partial charge is 0.305 e. The molecule has 0 saturated carbocycles. The maximum absolute atomic E-state index is 15.5. The topological polar surface area (TPSA) is 663 Å². The number of carbonyl (C=O) groups is 16. The van der Waals surface area contributed by atoms with Gasteiger partial charge < -0.3 is 128 Å². The fourth-order valence-electron chi connectivity index (χ4n) is 14.0. The maximum Gasteiger partial charge on any atom is 0.305 e. The van der Waals surface area contributed by atoms with Crippen LogP contribution < -0.4 is 103 Å². The SMILES string of the molecule is CC(=O)N[C@@H](C)C(=O)N[C@H](C(=O)N[C@@H](CC(=O)O)C(=O)N[C@@H](Cc1c[nH]c2ccccc12)C(=O)N[C@H](C(=O)N[C@H](C(=O)N[C@@H](Cc1ccc(O)cc1)C(=O)N[C@@H](Cc1c[nH]c2ccccc12)C(=O)N[C@@H](CCCNC(=N)N)C(=O)N[C@@H](CCCCN)C(=O)N[C@@H](Cc1ccccc1)C(=O)NCC(=O)NCCOCC(=O)N[C@H](CCCCN)C(N)=O)C(C)(C)S)C(C)C)C(C)(C)S. The van der Waals surface area contributed by atoms with Crippen LogP contribution in [0.4, 0.5) is 0 Å². The normalized spacial score (nSPS) is 14.2. The van der Waals surface area contributed by atoms with Crippen molar-refractivity contribution < 1.29 is 91.7 Å². The van der Waals surface area contributed by atoms with Crippen molar-refractivity contribution in [1.82, 2.24) is 89.7 Å². The lowest BCUT2D eigenvalue weighted by Gasteiger charge is -2.34. The number of benzene rings is 4. The molecule has 28 N–H and O–H groups in total. The number of guanidine groups is 1. The number of hydrogen-bond donors (Lipinski definition) is 26. The predicted octanol–water partition coefficient (Wildman–Crippen LogP) is -1.71. The van der Waals surface area contributed by atoms with Gasteiger partial charge in [0.25, 0.3) is 0 Å². The van der Waals surface area contributed by atoms with Crippen LogP contribution in [0.1, 0.15) is 135 Å². The van der Waals surface area contributed by atoms with E-state index in [1.807, 2.05) is 0 Å². The number of unbranched alkanes of at least 4 members (excludes halogenated alkanes) is 2. The number of carboxylic acid groups (broad SMARTS) is 1. The number of phenolic OH excluding ortho intramolecular Hbond substituents is 1. The van der Waals surface area contributed by atoms with E-state index in [-0.39, 0.29) is 89.8 Å². The van der Waals surface area contributed by atoms with Crippen molar-refractivity contribution in [2.24, 2.45) is 28.9 Å². The second kappa shape index (κ2) is 52.7. The number of H-pyrrole nitrogens is 2. The molecule has 0 radical (unpaired) electrons. The van der Waals surface area contributed by atoms with Crippen molar-refractivity contribution in [2.75, 3.05) is 45.9 Å². The minimum atomic E-state index is -1.93. The van der Waals surface area contributed by atoms with E-state index in [1.165, 1.54) is 65.8 Å². The lowest BCUT2D eigenvalue weighted by atomic mass is 9.97. The summed E-state index contributed by atoms with van der Waals surface area (Å²) < 4.78 is 2.45. The number of phenols is 1. The average molecular weight is 1860 g/mol. The quantitative estimate of drug-likeness (QED) is 0.00874. The van der Waals surface area contributed by atoms with Gasteiger partial charge in [-0.15, -0.1) is 0 Å². The van der Waals surface area contributed by atoms with Crippen LogP contribution in [0.25, 0.3) is 21.8 Å². The number of fused-ring (bicyclic) bond motifs is 2. The molecule has 0 aliphatic carbocycles. The Bertz CT molecular complexity index is 4930. The van der Waals surface area contributed by atoms with Crippen molar-refractivity contribution in [3.8, 4) is 5.75 Å². The molecule has 12 atom stereocenters. The number of primary amides is 1. The fraction of sp³-hybridized carbons (Fsp3) is 0.489. The molecule has 0 aliphatic heterocycles. The van der Waals surface area contributed by atoms with E-state index < -0.39 is 208 Å². The van der Waals surface area contributed by atoms with E-state index in [1.54, 1.807) is 105 Å². The van der Waals surface area contributed by atoms with Crippen LogP contribution in [0.5, 0.6) is 5.75 Å². The first-order chi connectivity index (χ1) is 62.0. The van der Waals surface area contributed by atoms with Crippen molar-refractivity contribution in [3.63, 3.8) is 0 Å². The molecular weight excluding hydrogens is 1730 g/mol. The number of aromatic amines is 2. The number of rotatable bonds is 56. The number of nitrogens with one attached hydrogen (secondary N) is 18. The number of aromatic nitrogens is 2. The summed E-state index contributed by atoms with van der Waals surface area (Å²) in [4.78, 5) is 231. The summed E-state index contributed by atoms with van der Waals surface area (Å²) in [6.45, 7) is 10.8.